The van der Waals surface area contributed by atoms with E-state index in [9.17, 15) is 0 Å². The van der Waals surface area contributed by atoms with Crippen LogP contribution in [0.5, 0.6) is 0 Å². The second-order valence-corrected chi connectivity index (χ2v) is 7.51. The number of aromatic amines is 1. The van der Waals surface area contributed by atoms with Crippen molar-refractivity contribution in [2.75, 3.05) is 0 Å². The molecule has 0 amide bonds. The third kappa shape index (κ3) is 3.52. The molecule has 0 fully saturated rings. The Morgan fingerprint density at radius 1 is 1.19 bits per heavy atom. The van der Waals surface area contributed by atoms with Crippen molar-refractivity contribution in [3.05, 3.63) is 76.5 Å². The third-order valence-electron chi connectivity index (χ3n) is 3.92. The normalized spacial score (nSPS) is 11.2. The van der Waals surface area contributed by atoms with E-state index in [2.05, 4.69) is 28.2 Å². The smallest absolute Gasteiger partial charge is 0.173 e. The zero-order valence-corrected chi connectivity index (χ0v) is 15.6. The third-order valence-corrected chi connectivity index (χ3v) is 5.00. The first kappa shape index (κ1) is 16.9. The number of nitrogens with zero attached hydrogens (tertiary/aromatic N) is 3. The van der Waals surface area contributed by atoms with Gasteiger partial charge in [0, 0.05) is 9.92 Å². The maximum Gasteiger partial charge on any atom is 0.173 e. The van der Waals surface area contributed by atoms with Gasteiger partial charge in [-0.25, -0.2) is 9.97 Å². The molecule has 0 aliphatic carbocycles. The van der Waals surface area contributed by atoms with E-state index in [4.69, 9.17) is 22.0 Å². The minimum atomic E-state index is 0.186. The quantitative estimate of drug-likeness (QED) is 0.550. The predicted octanol–water partition coefficient (Wildman–Crippen LogP) is 4.40. The molecule has 2 aromatic carbocycles. The van der Waals surface area contributed by atoms with E-state index < -0.39 is 0 Å². The van der Waals surface area contributed by atoms with Gasteiger partial charge in [0.2, 0.25) is 0 Å². The van der Waals surface area contributed by atoms with Crippen LogP contribution in [0, 0.1) is 12.3 Å². The van der Waals surface area contributed by atoms with Gasteiger partial charge in [0.1, 0.15) is 5.52 Å². The molecule has 130 valence electrons. The first-order chi connectivity index (χ1) is 12.6. The predicted molar refractivity (Wildman–Crippen MR) is 104 cm³/mol. The number of halogens is 1. The van der Waals surface area contributed by atoms with E-state index >= 15 is 0 Å². The maximum absolute atomic E-state index is 8.08. The lowest BCUT2D eigenvalue weighted by Crippen LogP contribution is -2.13. The van der Waals surface area contributed by atoms with Gasteiger partial charge in [-0.1, -0.05) is 53.7 Å². The highest BCUT2D eigenvalue weighted by Gasteiger charge is 2.11. The molecule has 0 radical (unpaired) electrons. The van der Waals surface area contributed by atoms with Gasteiger partial charge in [0.25, 0.3) is 0 Å². The molecule has 2 aromatic heterocycles. The summed E-state index contributed by atoms with van der Waals surface area (Å²) in [6.07, 6.45) is 1.66. The summed E-state index contributed by atoms with van der Waals surface area (Å²) >= 11 is 7.64. The second-order valence-electron chi connectivity index (χ2n) is 6.01. The zero-order chi connectivity index (χ0) is 18.1. The summed E-state index contributed by atoms with van der Waals surface area (Å²) in [5.41, 5.74) is 3.78. The molecule has 0 unspecified atom stereocenters. The van der Waals surface area contributed by atoms with Gasteiger partial charge < -0.3 is 9.55 Å². The SMILES string of the molecule is Cc1cc(Cl)cc(Sc2nc3c([nH]2)c(=N)ncn3Cc2ccccc2)c1. The van der Waals surface area contributed by atoms with Crippen LogP contribution in [0.2, 0.25) is 5.02 Å². The summed E-state index contributed by atoms with van der Waals surface area (Å²) in [6.45, 7) is 2.66. The van der Waals surface area contributed by atoms with Crippen LogP contribution in [-0.2, 0) is 6.54 Å². The Morgan fingerprint density at radius 3 is 2.77 bits per heavy atom. The first-order valence-corrected chi connectivity index (χ1v) is 9.27. The van der Waals surface area contributed by atoms with Crippen molar-refractivity contribution < 1.29 is 0 Å². The van der Waals surface area contributed by atoms with Crippen LogP contribution in [0.15, 0.2) is 64.9 Å². The summed E-state index contributed by atoms with van der Waals surface area (Å²) in [5.74, 6) is 0. The van der Waals surface area contributed by atoms with E-state index in [1.807, 2.05) is 41.8 Å². The molecule has 4 rings (SSSR count). The van der Waals surface area contributed by atoms with Crippen molar-refractivity contribution in [1.29, 1.82) is 5.41 Å². The Labute approximate surface area is 159 Å². The number of imidazole rings is 1. The van der Waals surface area contributed by atoms with Crippen molar-refractivity contribution in [2.45, 2.75) is 23.5 Å². The summed E-state index contributed by atoms with van der Waals surface area (Å²) in [4.78, 5) is 13.1. The van der Waals surface area contributed by atoms with E-state index in [0.717, 1.165) is 21.7 Å². The summed E-state index contributed by atoms with van der Waals surface area (Å²) in [5, 5.41) is 9.49. The molecular weight excluding hydrogens is 366 g/mol. The van der Waals surface area contributed by atoms with E-state index in [0.29, 0.717) is 22.2 Å². The van der Waals surface area contributed by atoms with Crippen molar-refractivity contribution in [1.82, 2.24) is 19.5 Å². The van der Waals surface area contributed by atoms with Gasteiger partial charge in [-0.15, -0.1) is 0 Å². The number of aromatic nitrogens is 4. The molecule has 4 aromatic rings. The molecule has 0 saturated heterocycles. The Kier molecular flexibility index (Phi) is 4.53. The second kappa shape index (κ2) is 6.97. The molecule has 0 aliphatic heterocycles. The molecule has 26 heavy (non-hydrogen) atoms. The largest absolute Gasteiger partial charge is 0.328 e. The monoisotopic (exact) mass is 381 g/mol. The van der Waals surface area contributed by atoms with Crippen molar-refractivity contribution in [2.24, 2.45) is 0 Å². The molecule has 2 N–H and O–H groups in total. The van der Waals surface area contributed by atoms with Crippen LogP contribution >= 0.6 is 23.4 Å². The fourth-order valence-corrected chi connectivity index (χ4v) is 4.07. The standard InChI is InChI=1S/C19H16ClN5S/c1-12-7-14(20)9-15(8-12)26-19-23-16-17(21)22-11-25(18(16)24-19)10-13-5-3-2-4-6-13/h2-9,11,21H,10H2,1H3,(H,23,24). The molecule has 7 heteroatoms. The summed E-state index contributed by atoms with van der Waals surface area (Å²) in [6, 6.07) is 16.0. The lowest BCUT2D eigenvalue weighted by atomic mass is 10.2. The molecule has 0 bridgehead atoms. The van der Waals surface area contributed by atoms with Gasteiger partial charge >= 0.3 is 0 Å². The number of nitrogens with one attached hydrogen (secondary N) is 2. The van der Waals surface area contributed by atoms with Gasteiger partial charge in [-0.3, -0.25) is 5.41 Å². The molecule has 2 heterocycles. The Morgan fingerprint density at radius 2 is 2.00 bits per heavy atom. The van der Waals surface area contributed by atoms with Gasteiger partial charge in [-0.05, 0) is 36.2 Å². The lowest BCUT2D eigenvalue weighted by Gasteiger charge is -2.06. The van der Waals surface area contributed by atoms with Gasteiger partial charge in [0.15, 0.2) is 16.3 Å². The summed E-state index contributed by atoms with van der Waals surface area (Å²) in [7, 11) is 0. The van der Waals surface area contributed by atoms with E-state index in [1.54, 1.807) is 6.33 Å². The maximum atomic E-state index is 8.08. The Hall–Kier alpha value is -2.57. The molecule has 5 nitrogen and oxygen atoms in total. The van der Waals surface area contributed by atoms with Crippen LogP contribution in [0.4, 0.5) is 0 Å². The Bertz CT molecular complexity index is 1110. The number of hydrogen-bond acceptors (Lipinski definition) is 4. The van der Waals surface area contributed by atoms with Gasteiger partial charge in [-0.2, -0.15) is 0 Å². The number of hydrogen-bond donors (Lipinski definition) is 2. The van der Waals surface area contributed by atoms with E-state index in [-0.39, 0.29) is 5.49 Å². The zero-order valence-electron chi connectivity index (χ0n) is 14.0. The lowest BCUT2D eigenvalue weighted by molar-refractivity contribution is 0.782. The minimum absolute atomic E-state index is 0.186. The Balaban J connectivity index is 1.73. The molecule has 0 saturated carbocycles. The topological polar surface area (TPSA) is 70.3 Å². The van der Waals surface area contributed by atoms with Crippen LogP contribution in [0.25, 0.3) is 11.2 Å². The highest BCUT2D eigenvalue weighted by atomic mass is 35.5. The van der Waals surface area contributed by atoms with Crippen LogP contribution in [0.1, 0.15) is 11.1 Å². The fourth-order valence-electron chi connectivity index (χ4n) is 2.78. The molecule has 0 spiro atoms. The van der Waals surface area contributed by atoms with Gasteiger partial charge in [0.05, 0.1) is 12.9 Å². The molecular formula is C19H16ClN5S. The average Bonchev–Trinajstić information content (AvgIpc) is 3.02. The van der Waals surface area contributed by atoms with Crippen molar-refractivity contribution >= 4 is 34.5 Å². The molecule has 0 atom stereocenters. The van der Waals surface area contributed by atoms with Crippen molar-refractivity contribution in [3.8, 4) is 0 Å². The average molecular weight is 382 g/mol. The summed E-state index contributed by atoms with van der Waals surface area (Å²) < 4.78 is 1.95. The first-order valence-electron chi connectivity index (χ1n) is 8.07. The molecule has 0 aliphatic rings. The number of fused-ring (bicyclic) bond motifs is 1. The van der Waals surface area contributed by atoms with Crippen LogP contribution < -0.4 is 5.49 Å². The minimum Gasteiger partial charge on any atom is -0.328 e. The number of rotatable bonds is 4. The number of benzene rings is 2. The number of aryl methyl sites for hydroxylation is 1. The van der Waals surface area contributed by atoms with E-state index in [1.165, 1.54) is 11.8 Å². The fraction of sp³-hybridized carbons (Fsp3) is 0.105. The van der Waals surface area contributed by atoms with Crippen LogP contribution in [0.3, 0.4) is 0 Å². The van der Waals surface area contributed by atoms with Crippen molar-refractivity contribution in [3.63, 3.8) is 0 Å². The van der Waals surface area contributed by atoms with Crippen LogP contribution in [-0.4, -0.2) is 19.5 Å². The number of H-pyrrole nitrogens is 1. The highest BCUT2D eigenvalue weighted by molar-refractivity contribution is 7.99. The highest BCUT2D eigenvalue weighted by Crippen LogP contribution is 2.29.